The molecule has 10 heteroatoms. The van der Waals surface area contributed by atoms with Gasteiger partial charge in [-0.1, -0.05) is 24.3 Å². The smallest absolute Gasteiger partial charge is 0.338 e. The van der Waals surface area contributed by atoms with E-state index in [0.717, 1.165) is 0 Å². The van der Waals surface area contributed by atoms with Gasteiger partial charge in [0.15, 0.2) is 11.8 Å². The fourth-order valence-electron chi connectivity index (χ4n) is 3.81. The Kier molecular flexibility index (Phi) is 8.97. The fourth-order valence-corrected chi connectivity index (χ4v) is 4.87. The number of likely N-dealkylation sites (N-methyl/N-ethyl adjacent to an activating group) is 1. The molecule has 0 unspecified atom stereocenters. The Morgan fingerprint density at radius 1 is 1.11 bits per heavy atom. The third-order valence-electron chi connectivity index (χ3n) is 5.71. The van der Waals surface area contributed by atoms with Gasteiger partial charge in [-0.05, 0) is 56.0 Å². The van der Waals surface area contributed by atoms with Crippen LogP contribution in [0.25, 0.3) is 6.08 Å². The lowest BCUT2D eigenvalue weighted by molar-refractivity contribution is -0.137. The Hall–Kier alpha value is -3.63. The van der Waals surface area contributed by atoms with E-state index in [0.29, 0.717) is 65.5 Å². The molecule has 194 valence electrons. The molecule has 2 saturated heterocycles. The van der Waals surface area contributed by atoms with Crippen LogP contribution in [0.4, 0.5) is 5.69 Å². The van der Waals surface area contributed by atoms with E-state index < -0.39 is 5.97 Å². The highest BCUT2D eigenvalue weighted by Gasteiger charge is 2.32. The number of amides is 2. The lowest BCUT2D eigenvalue weighted by Crippen LogP contribution is -2.43. The summed E-state index contributed by atoms with van der Waals surface area (Å²) >= 11 is 1.25. The molecule has 4 rings (SSSR count). The summed E-state index contributed by atoms with van der Waals surface area (Å²) in [5, 5.41) is 0.514. The van der Waals surface area contributed by atoms with Crippen molar-refractivity contribution in [1.82, 2.24) is 9.80 Å². The molecule has 2 aromatic rings. The number of ether oxygens (including phenoxy) is 3. The van der Waals surface area contributed by atoms with Crippen molar-refractivity contribution in [1.29, 1.82) is 0 Å². The molecule has 0 aliphatic carbocycles. The third kappa shape index (κ3) is 6.58. The molecular formula is C27H29N3O6S. The van der Waals surface area contributed by atoms with Crippen molar-refractivity contribution in [3.63, 3.8) is 0 Å². The number of esters is 1. The Bertz CT molecular complexity index is 1220. The van der Waals surface area contributed by atoms with Crippen molar-refractivity contribution < 1.29 is 28.6 Å². The van der Waals surface area contributed by atoms with Crippen molar-refractivity contribution in [2.24, 2.45) is 4.99 Å². The van der Waals surface area contributed by atoms with Gasteiger partial charge in [-0.3, -0.25) is 14.5 Å². The van der Waals surface area contributed by atoms with Crippen LogP contribution in [0.5, 0.6) is 5.75 Å². The zero-order valence-corrected chi connectivity index (χ0v) is 21.7. The molecule has 0 spiro atoms. The second-order valence-electron chi connectivity index (χ2n) is 8.14. The van der Waals surface area contributed by atoms with E-state index >= 15 is 0 Å². The van der Waals surface area contributed by atoms with Crippen molar-refractivity contribution in [2.45, 2.75) is 13.8 Å². The summed E-state index contributed by atoms with van der Waals surface area (Å²) in [4.78, 5) is 46.2. The van der Waals surface area contributed by atoms with Crippen LogP contribution in [0, 0.1) is 0 Å². The molecule has 9 nitrogen and oxygen atoms in total. The highest BCUT2D eigenvalue weighted by molar-refractivity contribution is 8.18. The number of para-hydroxylation sites is 1. The van der Waals surface area contributed by atoms with E-state index in [2.05, 4.69) is 4.99 Å². The number of carbonyl (C=O) groups is 3. The molecular weight excluding hydrogens is 494 g/mol. The van der Waals surface area contributed by atoms with Crippen LogP contribution < -0.4 is 4.74 Å². The van der Waals surface area contributed by atoms with Crippen LogP contribution in [0.15, 0.2) is 58.4 Å². The Labute approximate surface area is 220 Å². The van der Waals surface area contributed by atoms with Crippen molar-refractivity contribution in [3.8, 4) is 5.75 Å². The lowest BCUT2D eigenvalue weighted by atomic mass is 10.2. The van der Waals surface area contributed by atoms with E-state index in [1.165, 1.54) is 11.8 Å². The molecule has 2 fully saturated rings. The molecule has 37 heavy (non-hydrogen) atoms. The van der Waals surface area contributed by atoms with Crippen molar-refractivity contribution in [2.75, 3.05) is 46.1 Å². The summed E-state index contributed by atoms with van der Waals surface area (Å²) in [7, 11) is 0. The molecule has 2 aromatic carbocycles. The maximum absolute atomic E-state index is 13.2. The molecule has 0 aromatic heterocycles. The number of amidine groups is 1. The monoisotopic (exact) mass is 523 g/mol. The number of morpholine rings is 1. The average molecular weight is 524 g/mol. The van der Waals surface area contributed by atoms with Gasteiger partial charge in [0.1, 0.15) is 5.75 Å². The standard InChI is InChI=1S/C27H29N3O6S/c1-3-30-25(32)23(37-27(30)28-21-10-7-9-20(16-21)26(33)35-4-2)17-19-8-5-6-11-22(19)36-18-24(31)29-12-14-34-15-13-29/h5-11,16-17H,3-4,12-15,18H2,1-2H3. The number of hydrogen-bond donors (Lipinski definition) is 0. The van der Waals surface area contributed by atoms with Gasteiger partial charge in [0.05, 0.1) is 36.0 Å². The second kappa shape index (κ2) is 12.6. The normalized spacial score (nSPS) is 17.9. The van der Waals surface area contributed by atoms with Crippen LogP contribution in [0.2, 0.25) is 0 Å². The number of carbonyl (C=O) groups excluding carboxylic acids is 3. The van der Waals surface area contributed by atoms with E-state index in [4.69, 9.17) is 14.2 Å². The van der Waals surface area contributed by atoms with E-state index in [1.807, 2.05) is 25.1 Å². The molecule has 0 radical (unpaired) electrons. The maximum atomic E-state index is 13.2. The van der Waals surface area contributed by atoms with Crippen LogP contribution in [-0.4, -0.2) is 78.8 Å². The molecule has 0 N–H and O–H groups in total. The average Bonchev–Trinajstić information content (AvgIpc) is 3.21. The first kappa shape index (κ1) is 26.4. The van der Waals surface area contributed by atoms with Crippen LogP contribution >= 0.6 is 11.8 Å². The predicted octanol–water partition coefficient (Wildman–Crippen LogP) is 3.72. The first-order valence-electron chi connectivity index (χ1n) is 12.1. The summed E-state index contributed by atoms with van der Waals surface area (Å²) in [5.74, 6) is -0.183. The Morgan fingerprint density at radius 3 is 2.65 bits per heavy atom. The molecule has 2 heterocycles. The van der Waals surface area contributed by atoms with Gasteiger partial charge in [-0.2, -0.15) is 0 Å². The lowest BCUT2D eigenvalue weighted by Gasteiger charge is -2.26. The SMILES string of the molecule is CCOC(=O)c1cccc(N=C2SC(=Cc3ccccc3OCC(=O)N3CCOCC3)C(=O)N2CC)c1. The van der Waals surface area contributed by atoms with Gasteiger partial charge in [-0.15, -0.1) is 0 Å². The zero-order valence-electron chi connectivity index (χ0n) is 20.8. The molecule has 2 amide bonds. The molecule has 0 saturated carbocycles. The van der Waals surface area contributed by atoms with E-state index in [-0.39, 0.29) is 25.0 Å². The number of nitrogens with zero attached hydrogens (tertiary/aromatic N) is 3. The number of benzene rings is 2. The van der Waals surface area contributed by atoms with Crippen molar-refractivity contribution in [3.05, 3.63) is 64.6 Å². The van der Waals surface area contributed by atoms with Gasteiger partial charge >= 0.3 is 5.97 Å². The zero-order chi connectivity index (χ0) is 26.2. The van der Waals surface area contributed by atoms with Gasteiger partial charge in [-0.25, -0.2) is 9.79 Å². The third-order valence-corrected chi connectivity index (χ3v) is 6.71. The highest BCUT2D eigenvalue weighted by atomic mass is 32.2. The number of hydrogen-bond acceptors (Lipinski definition) is 8. The summed E-state index contributed by atoms with van der Waals surface area (Å²) in [6.45, 7) is 6.41. The molecule has 2 aliphatic heterocycles. The maximum Gasteiger partial charge on any atom is 0.338 e. The van der Waals surface area contributed by atoms with Crippen LogP contribution in [0.1, 0.15) is 29.8 Å². The van der Waals surface area contributed by atoms with Gasteiger partial charge in [0.2, 0.25) is 0 Å². The summed E-state index contributed by atoms with van der Waals surface area (Å²) in [5.41, 5.74) is 1.63. The Balaban J connectivity index is 1.52. The molecule has 2 aliphatic rings. The van der Waals surface area contributed by atoms with Gasteiger partial charge in [0, 0.05) is 25.2 Å². The van der Waals surface area contributed by atoms with Gasteiger partial charge < -0.3 is 19.1 Å². The minimum atomic E-state index is -0.420. The molecule has 0 atom stereocenters. The number of aliphatic imine (C=N–C) groups is 1. The minimum Gasteiger partial charge on any atom is -0.483 e. The Morgan fingerprint density at radius 2 is 1.89 bits per heavy atom. The van der Waals surface area contributed by atoms with Crippen molar-refractivity contribution >= 4 is 46.5 Å². The first-order chi connectivity index (χ1) is 18.0. The van der Waals surface area contributed by atoms with Crippen LogP contribution in [-0.2, 0) is 19.1 Å². The summed E-state index contributed by atoms with van der Waals surface area (Å²) in [6, 6.07) is 14.1. The topological polar surface area (TPSA) is 97.7 Å². The second-order valence-corrected chi connectivity index (χ2v) is 9.15. The summed E-state index contributed by atoms with van der Waals surface area (Å²) < 4.78 is 16.2. The predicted molar refractivity (Wildman–Crippen MR) is 142 cm³/mol. The highest BCUT2D eigenvalue weighted by Crippen LogP contribution is 2.35. The van der Waals surface area contributed by atoms with E-state index in [9.17, 15) is 14.4 Å². The quantitative estimate of drug-likeness (QED) is 0.384. The minimum absolute atomic E-state index is 0.0914. The van der Waals surface area contributed by atoms with Crippen LogP contribution in [0.3, 0.4) is 0 Å². The largest absolute Gasteiger partial charge is 0.483 e. The van der Waals surface area contributed by atoms with E-state index in [1.54, 1.807) is 53.1 Å². The molecule has 0 bridgehead atoms. The van der Waals surface area contributed by atoms with Gasteiger partial charge in [0.25, 0.3) is 11.8 Å². The summed E-state index contributed by atoms with van der Waals surface area (Å²) in [6.07, 6.45) is 1.75. The fraction of sp³-hybridized carbons (Fsp3) is 0.333. The number of thioether (sulfide) groups is 1. The number of rotatable bonds is 8. The first-order valence-corrected chi connectivity index (χ1v) is 13.0.